The Kier molecular flexibility index (Phi) is 9.45. The van der Waals surface area contributed by atoms with E-state index in [2.05, 4.69) is 16.0 Å². The number of fused-ring (bicyclic) bond motifs is 1. The number of carbonyl (C=O) groups is 4. The highest BCUT2D eigenvalue weighted by atomic mass is 35.5. The molecule has 0 spiro atoms. The Bertz CT molecular complexity index is 1450. The molecule has 5 rings (SSSR count). The lowest BCUT2D eigenvalue weighted by Gasteiger charge is -2.32. The fourth-order valence-electron chi connectivity index (χ4n) is 5.54. The topological polar surface area (TPSA) is 108 Å². The zero-order valence-corrected chi connectivity index (χ0v) is 24.4. The molecule has 4 atom stereocenters. The van der Waals surface area contributed by atoms with Crippen molar-refractivity contribution in [2.45, 2.75) is 56.3 Å². The molecule has 0 aromatic heterocycles. The molecule has 8 nitrogen and oxygen atoms in total. The minimum absolute atomic E-state index is 0.0537. The van der Waals surface area contributed by atoms with Crippen LogP contribution in [0.5, 0.6) is 0 Å². The predicted octanol–water partition coefficient (Wildman–Crippen LogP) is 3.48. The van der Waals surface area contributed by atoms with Gasteiger partial charge in [0.1, 0.15) is 24.2 Å². The van der Waals surface area contributed by atoms with Gasteiger partial charge < -0.3 is 20.9 Å². The van der Waals surface area contributed by atoms with E-state index in [1.807, 2.05) is 60.7 Å². The number of hydrogen-bond donors (Lipinski definition) is 3. The molecule has 2 heterocycles. The molecule has 0 unspecified atom stereocenters. The highest BCUT2D eigenvalue weighted by Gasteiger charge is 2.40. The second-order valence-electron chi connectivity index (χ2n) is 10.7. The van der Waals surface area contributed by atoms with Crippen LogP contribution in [0.25, 0.3) is 0 Å². The van der Waals surface area contributed by atoms with Gasteiger partial charge in [-0.2, -0.15) is 0 Å². The summed E-state index contributed by atoms with van der Waals surface area (Å²) in [5.74, 6) is -1.75. The van der Waals surface area contributed by atoms with E-state index in [1.54, 1.807) is 18.2 Å². The number of rotatable bonds is 6. The molecule has 218 valence electrons. The number of halogens is 2. The third-order valence-electron chi connectivity index (χ3n) is 7.72. The Morgan fingerprint density at radius 1 is 0.667 bits per heavy atom. The van der Waals surface area contributed by atoms with Crippen LogP contribution in [0.2, 0.25) is 10.0 Å². The molecule has 42 heavy (non-hydrogen) atoms. The summed E-state index contributed by atoms with van der Waals surface area (Å²) >= 11 is 12.5. The maximum absolute atomic E-state index is 13.9. The highest BCUT2D eigenvalue weighted by molar-refractivity contribution is 6.35. The predicted molar refractivity (Wildman–Crippen MR) is 161 cm³/mol. The average molecular weight is 608 g/mol. The summed E-state index contributed by atoms with van der Waals surface area (Å²) in [4.78, 5) is 56.7. The fraction of sp³-hybridized carbons (Fsp3) is 0.312. The van der Waals surface area contributed by atoms with Gasteiger partial charge in [-0.1, -0.05) is 89.9 Å². The van der Waals surface area contributed by atoms with Crippen LogP contribution in [0.3, 0.4) is 0 Å². The van der Waals surface area contributed by atoms with Crippen molar-refractivity contribution in [1.29, 1.82) is 0 Å². The van der Waals surface area contributed by atoms with Gasteiger partial charge in [0.25, 0.3) is 0 Å². The van der Waals surface area contributed by atoms with E-state index >= 15 is 0 Å². The van der Waals surface area contributed by atoms with Crippen LogP contribution >= 0.6 is 23.2 Å². The van der Waals surface area contributed by atoms with Crippen LogP contribution in [-0.4, -0.2) is 59.2 Å². The highest BCUT2D eigenvalue weighted by Crippen LogP contribution is 2.24. The van der Waals surface area contributed by atoms with Gasteiger partial charge in [0, 0.05) is 35.9 Å². The molecule has 0 radical (unpaired) electrons. The first kappa shape index (κ1) is 29.6. The van der Waals surface area contributed by atoms with Crippen LogP contribution in [-0.2, 0) is 38.4 Å². The first-order valence-electron chi connectivity index (χ1n) is 14.0. The maximum atomic E-state index is 13.9. The number of benzene rings is 3. The zero-order valence-electron chi connectivity index (χ0n) is 22.9. The normalized spacial score (nSPS) is 23.2. The Hall–Kier alpha value is -3.88. The van der Waals surface area contributed by atoms with E-state index in [0.29, 0.717) is 35.0 Å². The van der Waals surface area contributed by atoms with Gasteiger partial charge in [0.05, 0.1) is 0 Å². The number of hydrogen-bond acceptors (Lipinski definition) is 4. The van der Waals surface area contributed by atoms with Gasteiger partial charge >= 0.3 is 0 Å². The molecule has 2 aliphatic heterocycles. The quantitative estimate of drug-likeness (QED) is 0.399. The van der Waals surface area contributed by atoms with Gasteiger partial charge in [-0.3, -0.25) is 19.2 Å². The standard InChI is InChI=1S/C32H32Cl2N4O4/c33-23-14-13-22(24(34)19-23)18-26-30(40)37-27(17-21-10-5-2-6-11-21)32(42)38-15-7-12-28(38)31(41)36-25(29(39)35-26)16-20-8-3-1-4-9-20/h1-6,8-11,13-14,19,25-28H,7,12,15-18H2,(H,35,39)(H,36,41)(H,37,40)/t25-,26+,27-,28+/m0/s1. The molecule has 2 saturated heterocycles. The molecular weight excluding hydrogens is 575 g/mol. The molecule has 3 aromatic rings. The third kappa shape index (κ3) is 7.12. The fourth-order valence-corrected chi connectivity index (χ4v) is 6.03. The number of amides is 4. The van der Waals surface area contributed by atoms with Crippen molar-refractivity contribution in [2.75, 3.05) is 6.54 Å². The van der Waals surface area contributed by atoms with Crippen LogP contribution in [0.4, 0.5) is 0 Å². The molecule has 0 bridgehead atoms. The Morgan fingerprint density at radius 3 is 1.83 bits per heavy atom. The summed E-state index contributed by atoms with van der Waals surface area (Å²) in [7, 11) is 0. The van der Waals surface area contributed by atoms with Crippen molar-refractivity contribution in [3.8, 4) is 0 Å². The minimum Gasteiger partial charge on any atom is -0.342 e. The van der Waals surface area contributed by atoms with Gasteiger partial charge in [-0.15, -0.1) is 0 Å². The SMILES string of the molecule is O=C1N[C@H](Cc2ccc(Cl)cc2Cl)C(=O)N[C@@H](Cc2ccccc2)C(=O)N2CCC[C@@H]2C(=O)N[C@H]1Cc1ccccc1. The maximum Gasteiger partial charge on any atom is 0.246 e. The second kappa shape index (κ2) is 13.4. The Labute approximate surface area is 254 Å². The van der Waals surface area contributed by atoms with Crippen molar-refractivity contribution in [3.05, 3.63) is 106 Å². The molecule has 3 N–H and O–H groups in total. The second-order valence-corrected chi connectivity index (χ2v) is 11.5. The van der Waals surface area contributed by atoms with Crippen LogP contribution < -0.4 is 16.0 Å². The number of nitrogens with zero attached hydrogens (tertiary/aromatic N) is 1. The van der Waals surface area contributed by atoms with Crippen molar-refractivity contribution in [3.63, 3.8) is 0 Å². The lowest BCUT2D eigenvalue weighted by molar-refractivity contribution is -0.143. The van der Waals surface area contributed by atoms with Gasteiger partial charge in [-0.05, 0) is 41.7 Å². The molecule has 2 aliphatic rings. The van der Waals surface area contributed by atoms with Gasteiger partial charge in [-0.25, -0.2) is 0 Å². The molecule has 3 aromatic carbocycles. The minimum atomic E-state index is -1.08. The summed E-state index contributed by atoms with van der Waals surface area (Å²) in [5.41, 5.74) is 2.30. The summed E-state index contributed by atoms with van der Waals surface area (Å²) in [6.07, 6.45) is 1.61. The van der Waals surface area contributed by atoms with Crippen molar-refractivity contribution in [2.24, 2.45) is 0 Å². The third-order valence-corrected chi connectivity index (χ3v) is 8.31. The summed E-state index contributed by atoms with van der Waals surface area (Å²) in [5, 5.41) is 9.42. The number of carbonyl (C=O) groups excluding carboxylic acids is 4. The van der Waals surface area contributed by atoms with Crippen LogP contribution in [0, 0.1) is 0 Å². The van der Waals surface area contributed by atoms with Crippen LogP contribution in [0.15, 0.2) is 78.9 Å². The van der Waals surface area contributed by atoms with Crippen molar-refractivity contribution < 1.29 is 19.2 Å². The van der Waals surface area contributed by atoms with Crippen molar-refractivity contribution >= 4 is 46.8 Å². The van der Waals surface area contributed by atoms with E-state index in [1.165, 1.54) is 4.90 Å². The lowest BCUT2D eigenvalue weighted by Crippen LogP contribution is -2.62. The van der Waals surface area contributed by atoms with Crippen molar-refractivity contribution in [1.82, 2.24) is 20.9 Å². The van der Waals surface area contributed by atoms with E-state index < -0.39 is 36.0 Å². The lowest BCUT2D eigenvalue weighted by atomic mass is 9.99. The van der Waals surface area contributed by atoms with Gasteiger partial charge in [0.15, 0.2) is 0 Å². The molecule has 0 saturated carbocycles. The first-order chi connectivity index (χ1) is 20.3. The summed E-state index contributed by atoms with van der Waals surface area (Å²) in [6.45, 7) is 0.386. The van der Waals surface area contributed by atoms with E-state index in [-0.39, 0.29) is 31.1 Å². The molecule has 10 heteroatoms. The largest absolute Gasteiger partial charge is 0.342 e. The Morgan fingerprint density at radius 2 is 1.21 bits per heavy atom. The molecule has 4 amide bonds. The smallest absolute Gasteiger partial charge is 0.246 e. The number of nitrogens with one attached hydrogen (secondary N) is 3. The Balaban J connectivity index is 1.50. The summed E-state index contributed by atoms with van der Waals surface area (Å²) in [6, 6.07) is 19.9. The first-order valence-corrected chi connectivity index (χ1v) is 14.8. The molecular formula is C32H32Cl2N4O4. The molecule has 2 fully saturated rings. The van der Waals surface area contributed by atoms with Gasteiger partial charge in [0.2, 0.25) is 23.6 Å². The average Bonchev–Trinajstić information content (AvgIpc) is 3.48. The van der Waals surface area contributed by atoms with E-state index in [0.717, 1.165) is 11.1 Å². The van der Waals surface area contributed by atoms with E-state index in [9.17, 15) is 19.2 Å². The molecule has 0 aliphatic carbocycles. The monoisotopic (exact) mass is 606 g/mol. The summed E-state index contributed by atoms with van der Waals surface area (Å²) < 4.78 is 0. The van der Waals surface area contributed by atoms with Crippen LogP contribution in [0.1, 0.15) is 29.5 Å². The zero-order chi connectivity index (χ0) is 29.6. The van der Waals surface area contributed by atoms with E-state index in [4.69, 9.17) is 23.2 Å².